The van der Waals surface area contributed by atoms with Gasteiger partial charge in [-0.3, -0.25) is 4.68 Å². The van der Waals surface area contributed by atoms with E-state index in [1.54, 1.807) is 11.8 Å². The van der Waals surface area contributed by atoms with Crippen LogP contribution >= 0.6 is 0 Å². The first kappa shape index (κ1) is 14.4. The molecule has 0 unspecified atom stereocenters. The van der Waals surface area contributed by atoms with Gasteiger partial charge in [0, 0.05) is 18.2 Å². The molecule has 0 bridgehead atoms. The number of hydrogen-bond acceptors (Lipinski definition) is 3. The summed E-state index contributed by atoms with van der Waals surface area (Å²) in [6.45, 7) is 6.48. The van der Waals surface area contributed by atoms with Gasteiger partial charge in [-0.1, -0.05) is 32.9 Å². The predicted molar refractivity (Wildman–Crippen MR) is 83.1 cm³/mol. The number of nitrogens with two attached hydrogens (primary N) is 1. The molecule has 108 valence electrons. The van der Waals surface area contributed by atoms with Gasteiger partial charge in [-0.05, 0) is 23.5 Å². The fourth-order valence-electron chi connectivity index (χ4n) is 2.55. The van der Waals surface area contributed by atoms with Crippen LogP contribution in [0, 0.1) is 0 Å². The molecule has 0 spiro atoms. The van der Waals surface area contributed by atoms with Crippen molar-refractivity contribution in [1.82, 2.24) is 9.78 Å². The van der Waals surface area contributed by atoms with Gasteiger partial charge in [0.2, 0.25) is 0 Å². The summed E-state index contributed by atoms with van der Waals surface area (Å²) < 4.78 is 7.38. The Balaban J connectivity index is 2.79. The second-order valence-electron chi connectivity index (χ2n) is 5.30. The first-order valence-electron chi connectivity index (χ1n) is 6.98. The van der Waals surface area contributed by atoms with Crippen LogP contribution < -0.4 is 10.5 Å². The summed E-state index contributed by atoms with van der Waals surface area (Å²) in [4.78, 5) is 0. The van der Waals surface area contributed by atoms with Crippen LogP contribution in [-0.4, -0.2) is 16.9 Å². The summed E-state index contributed by atoms with van der Waals surface area (Å²) in [6, 6.07) is 4.32. The standard InChI is InChI=1S/C16H23N3O/c1-6-11-7-8-12(10(2)3)14(15(11)20-5)13-9-18-19(4)16(13)17/h7-10H,6,17H2,1-5H3. The highest BCUT2D eigenvalue weighted by Gasteiger charge is 2.20. The van der Waals surface area contributed by atoms with Crippen LogP contribution in [-0.2, 0) is 13.5 Å². The van der Waals surface area contributed by atoms with Crippen molar-refractivity contribution in [2.75, 3.05) is 12.8 Å². The third-order valence-electron chi connectivity index (χ3n) is 3.73. The number of methoxy groups -OCH3 is 1. The highest BCUT2D eigenvalue weighted by Crippen LogP contribution is 2.41. The number of aromatic nitrogens is 2. The number of aryl methyl sites for hydroxylation is 2. The molecule has 0 saturated heterocycles. The molecule has 0 aliphatic heterocycles. The Kier molecular flexibility index (Phi) is 4.02. The summed E-state index contributed by atoms with van der Waals surface area (Å²) in [5.74, 6) is 1.97. The quantitative estimate of drug-likeness (QED) is 0.929. The third kappa shape index (κ3) is 2.26. The average Bonchev–Trinajstić information content (AvgIpc) is 2.76. The van der Waals surface area contributed by atoms with Crippen molar-refractivity contribution in [3.63, 3.8) is 0 Å². The van der Waals surface area contributed by atoms with Gasteiger partial charge in [0.1, 0.15) is 11.6 Å². The monoisotopic (exact) mass is 273 g/mol. The van der Waals surface area contributed by atoms with Gasteiger partial charge in [-0.2, -0.15) is 5.10 Å². The zero-order valence-corrected chi connectivity index (χ0v) is 12.9. The van der Waals surface area contributed by atoms with E-state index in [1.807, 2.05) is 13.2 Å². The molecule has 0 amide bonds. The maximum Gasteiger partial charge on any atom is 0.130 e. The van der Waals surface area contributed by atoms with Crippen LogP contribution in [0.2, 0.25) is 0 Å². The second kappa shape index (κ2) is 5.57. The van der Waals surface area contributed by atoms with Gasteiger partial charge in [0.25, 0.3) is 0 Å². The maximum atomic E-state index is 6.16. The van der Waals surface area contributed by atoms with Crippen molar-refractivity contribution in [3.8, 4) is 16.9 Å². The van der Waals surface area contributed by atoms with Crippen molar-refractivity contribution in [2.24, 2.45) is 7.05 Å². The SMILES string of the molecule is CCc1ccc(C(C)C)c(-c2cnn(C)c2N)c1OC. The van der Waals surface area contributed by atoms with Gasteiger partial charge < -0.3 is 10.5 Å². The van der Waals surface area contributed by atoms with Gasteiger partial charge in [-0.25, -0.2) is 0 Å². The lowest BCUT2D eigenvalue weighted by Crippen LogP contribution is -2.03. The molecule has 2 aromatic rings. The van der Waals surface area contributed by atoms with Gasteiger partial charge in [-0.15, -0.1) is 0 Å². The highest BCUT2D eigenvalue weighted by atomic mass is 16.5. The average molecular weight is 273 g/mol. The van der Waals surface area contributed by atoms with E-state index in [2.05, 4.69) is 38.0 Å². The molecule has 0 saturated carbocycles. The zero-order valence-electron chi connectivity index (χ0n) is 12.9. The van der Waals surface area contributed by atoms with Crippen molar-refractivity contribution in [3.05, 3.63) is 29.5 Å². The topological polar surface area (TPSA) is 53.1 Å². The van der Waals surface area contributed by atoms with Crippen LogP contribution in [0.4, 0.5) is 5.82 Å². The maximum absolute atomic E-state index is 6.16. The summed E-state index contributed by atoms with van der Waals surface area (Å²) in [6.07, 6.45) is 2.74. The van der Waals surface area contributed by atoms with Crippen LogP contribution in [0.15, 0.2) is 18.3 Å². The lowest BCUT2D eigenvalue weighted by Gasteiger charge is -2.19. The van der Waals surface area contributed by atoms with E-state index < -0.39 is 0 Å². The number of hydrogen-bond donors (Lipinski definition) is 1. The number of ether oxygens (including phenoxy) is 1. The number of nitrogen functional groups attached to an aromatic ring is 1. The number of nitrogens with zero attached hydrogens (tertiary/aromatic N) is 2. The lowest BCUT2D eigenvalue weighted by atomic mass is 9.90. The van der Waals surface area contributed by atoms with Crippen molar-refractivity contribution in [2.45, 2.75) is 33.1 Å². The zero-order chi connectivity index (χ0) is 14.9. The first-order valence-corrected chi connectivity index (χ1v) is 6.98. The largest absolute Gasteiger partial charge is 0.496 e. The minimum Gasteiger partial charge on any atom is -0.496 e. The molecule has 1 aromatic carbocycles. The molecule has 0 fully saturated rings. The van der Waals surface area contributed by atoms with Gasteiger partial charge >= 0.3 is 0 Å². The minimum atomic E-state index is 0.393. The van der Waals surface area contributed by atoms with Crippen molar-refractivity contribution < 1.29 is 4.74 Å². The van der Waals surface area contributed by atoms with E-state index >= 15 is 0 Å². The molecule has 2 N–H and O–H groups in total. The molecule has 20 heavy (non-hydrogen) atoms. The van der Waals surface area contributed by atoms with Crippen LogP contribution in [0.1, 0.15) is 37.8 Å². The second-order valence-corrected chi connectivity index (χ2v) is 5.30. The van der Waals surface area contributed by atoms with E-state index in [4.69, 9.17) is 10.5 Å². The lowest BCUT2D eigenvalue weighted by molar-refractivity contribution is 0.411. The molecule has 1 heterocycles. The molecule has 0 aliphatic rings. The Morgan fingerprint density at radius 1 is 1.35 bits per heavy atom. The van der Waals surface area contributed by atoms with Crippen LogP contribution in [0.3, 0.4) is 0 Å². The van der Waals surface area contributed by atoms with Gasteiger partial charge in [0.15, 0.2) is 0 Å². The molecule has 0 radical (unpaired) electrons. The summed E-state index contributed by atoms with van der Waals surface area (Å²) in [5, 5.41) is 4.26. The molecule has 0 aliphatic carbocycles. The molecular formula is C16H23N3O. The van der Waals surface area contributed by atoms with E-state index in [1.165, 1.54) is 11.1 Å². The molecule has 0 atom stereocenters. The number of benzene rings is 1. The molecule has 1 aromatic heterocycles. The Hall–Kier alpha value is -1.97. The molecular weight excluding hydrogens is 250 g/mol. The summed E-state index contributed by atoms with van der Waals surface area (Å²) in [5.41, 5.74) is 10.6. The molecule has 4 nitrogen and oxygen atoms in total. The fraction of sp³-hybridized carbons (Fsp3) is 0.438. The van der Waals surface area contributed by atoms with E-state index in [0.29, 0.717) is 11.7 Å². The normalized spacial score (nSPS) is 11.1. The highest BCUT2D eigenvalue weighted by molar-refractivity contribution is 5.82. The van der Waals surface area contributed by atoms with Crippen molar-refractivity contribution >= 4 is 5.82 Å². The number of anilines is 1. The molecule has 2 rings (SSSR count). The predicted octanol–water partition coefficient (Wildman–Crippen LogP) is 3.36. The number of rotatable bonds is 4. The Labute approximate surface area is 120 Å². The van der Waals surface area contributed by atoms with E-state index in [0.717, 1.165) is 23.3 Å². The van der Waals surface area contributed by atoms with Crippen molar-refractivity contribution in [1.29, 1.82) is 0 Å². The van der Waals surface area contributed by atoms with E-state index in [9.17, 15) is 0 Å². The van der Waals surface area contributed by atoms with Crippen LogP contribution in [0.5, 0.6) is 5.75 Å². The first-order chi connectivity index (χ1) is 9.51. The van der Waals surface area contributed by atoms with E-state index in [-0.39, 0.29) is 0 Å². The Morgan fingerprint density at radius 3 is 2.50 bits per heavy atom. The smallest absolute Gasteiger partial charge is 0.130 e. The third-order valence-corrected chi connectivity index (χ3v) is 3.73. The van der Waals surface area contributed by atoms with Gasteiger partial charge in [0.05, 0.1) is 13.3 Å². The summed E-state index contributed by atoms with van der Waals surface area (Å²) in [7, 11) is 3.57. The Morgan fingerprint density at radius 2 is 2.05 bits per heavy atom. The molecule has 4 heteroatoms. The fourth-order valence-corrected chi connectivity index (χ4v) is 2.55. The Bertz CT molecular complexity index is 614. The van der Waals surface area contributed by atoms with Crippen LogP contribution in [0.25, 0.3) is 11.1 Å². The minimum absolute atomic E-state index is 0.393. The summed E-state index contributed by atoms with van der Waals surface area (Å²) >= 11 is 0.